The average Bonchev–Trinajstić information content (AvgIpc) is 2.93. The number of carbonyl (C=O) groups is 1. The van der Waals surface area contributed by atoms with Crippen LogP contribution < -0.4 is 33.5 Å². The number of fused-ring (bicyclic) bond motifs is 1. The van der Waals surface area contributed by atoms with Crippen LogP contribution in [0.2, 0.25) is 0 Å². The van der Waals surface area contributed by atoms with Crippen LogP contribution in [0.3, 0.4) is 0 Å². The summed E-state index contributed by atoms with van der Waals surface area (Å²) in [5.74, 6) is -0.974. The molecule has 0 atom stereocenters. The summed E-state index contributed by atoms with van der Waals surface area (Å²) in [5.41, 5.74) is 1.99. The summed E-state index contributed by atoms with van der Waals surface area (Å²) in [6, 6.07) is 0. The smallest absolute Gasteiger partial charge is 0.352 e. The Morgan fingerprint density at radius 1 is 1.24 bits per heavy atom. The van der Waals surface area contributed by atoms with Crippen molar-refractivity contribution in [2.24, 2.45) is 7.05 Å². The third-order valence-corrected chi connectivity index (χ3v) is 3.41. The van der Waals surface area contributed by atoms with Crippen molar-refractivity contribution >= 4 is 28.6 Å². The SMILES string of the molecule is CC(=O)Nc1c(N)n(-n2cnc3c(=O)[nH]c(=O)[nH]c32)c(=O)n(C)c1=O. The molecule has 0 aromatic carbocycles. The first-order valence-corrected chi connectivity index (χ1v) is 6.81. The van der Waals surface area contributed by atoms with Gasteiger partial charge in [-0.25, -0.2) is 19.2 Å². The number of hydrogen-bond acceptors (Lipinski definition) is 7. The second-order valence-corrected chi connectivity index (χ2v) is 5.09. The van der Waals surface area contributed by atoms with Crippen LogP contribution in [0, 0.1) is 0 Å². The first-order chi connectivity index (χ1) is 11.7. The van der Waals surface area contributed by atoms with Gasteiger partial charge in [0.15, 0.2) is 22.7 Å². The lowest BCUT2D eigenvalue weighted by atomic mass is 10.4. The number of hydrogen-bond donors (Lipinski definition) is 4. The Balaban J connectivity index is 2.47. The molecule has 13 nitrogen and oxygen atoms in total. The largest absolute Gasteiger partial charge is 0.382 e. The van der Waals surface area contributed by atoms with Crippen LogP contribution in [0.1, 0.15) is 6.92 Å². The highest BCUT2D eigenvalue weighted by molar-refractivity contribution is 5.91. The minimum atomic E-state index is -0.878. The highest BCUT2D eigenvalue weighted by atomic mass is 16.2. The number of carbonyl (C=O) groups excluding carboxylic acids is 1. The third-order valence-electron chi connectivity index (χ3n) is 3.41. The van der Waals surface area contributed by atoms with Crippen LogP contribution in [0.4, 0.5) is 11.5 Å². The van der Waals surface area contributed by atoms with Gasteiger partial charge in [0.1, 0.15) is 6.33 Å². The molecular weight excluding hydrogens is 336 g/mol. The zero-order valence-corrected chi connectivity index (χ0v) is 13.0. The van der Waals surface area contributed by atoms with Crippen LogP contribution in [0.15, 0.2) is 25.5 Å². The van der Waals surface area contributed by atoms with Crippen molar-refractivity contribution in [3.8, 4) is 0 Å². The summed E-state index contributed by atoms with van der Waals surface area (Å²) in [6.45, 7) is 1.16. The quantitative estimate of drug-likeness (QED) is 0.383. The first-order valence-electron chi connectivity index (χ1n) is 6.81. The number of H-pyrrole nitrogens is 2. The minimum absolute atomic E-state index is 0.116. The van der Waals surface area contributed by atoms with Crippen molar-refractivity contribution in [1.82, 2.24) is 28.9 Å². The van der Waals surface area contributed by atoms with Gasteiger partial charge in [0.05, 0.1) is 0 Å². The molecular formula is C12H12N8O5. The fraction of sp³-hybridized carbons (Fsp3) is 0.167. The van der Waals surface area contributed by atoms with E-state index in [2.05, 4.69) is 15.3 Å². The molecule has 0 aliphatic heterocycles. The Morgan fingerprint density at radius 3 is 2.56 bits per heavy atom. The average molecular weight is 348 g/mol. The molecule has 0 unspecified atom stereocenters. The molecule has 0 aliphatic rings. The number of nitrogens with one attached hydrogen (secondary N) is 3. The van der Waals surface area contributed by atoms with Gasteiger partial charge in [-0.2, -0.15) is 4.68 Å². The van der Waals surface area contributed by atoms with E-state index in [1.54, 1.807) is 0 Å². The number of nitrogen functional groups attached to an aromatic ring is 1. The Morgan fingerprint density at radius 2 is 1.92 bits per heavy atom. The van der Waals surface area contributed by atoms with Crippen LogP contribution in [-0.2, 0) is 11.8 Å². The van der Waals surface area contributed by atoms with Gasteiger partial charge in [-0.3, -0.25) is 28.9 Å². The van der Waals surface area contributed by atoms with Crippen LogP contribution in [-0.4, -0.2) is 34.8 Å². The number of aromatic amines is 2. The number of nitrogens with two attached hydrogens (primary N) is 1. The van der Waals surface area contributed by atoms with E-state index in [0.717, 1.165) is 22.6 Å². The zero-order chi connectivity index (χ0) is 18.5. The molecule has 3 aromatic rings. The van der Waals surface area contributed by atoms with Crippen molar-refractivity contribution in [2.45, 2.75) is 6.92 Å². The molecule has 5 N–H and O–H groups in total. The molecule has 0 spiro atoms. The lowest BCUT2D eigenvalue weighted by molar-refractivity contribution is -0.114. The van der Waals surface area contributed by atoms with Gasteiger partial charge >= 0.3 is 11.4 Å². The van der Waals surface area contributed by atoms with Crippen molar-refractivity contribution < 1.29 is 4.79 Å². The lowest BCUT2D eigenvalue weighted by Gasteiger charge is -2.15. The molecule has 0 aliphatic carbocycles. The van der Waals surface area contributed by atoms with E-state index < -0.39 is 34.2 Å². The van der Waals surface area contributed by atoms with Gasteiger partial charge in [-0.05, 0) is 0 Å². The highest BCUT2D eigenvalue weighted by Crippen LogP contribution is 2.13. The Hall–Kier alpha value is -3.90. The summed E-state index contributed by atoms with van der Waals surface area (Å²) in [5, 5.41) is 2.25. The Kier molecular flexibility index (Phi) is 3.40. The molecule has 130 valence electrons. The minimum Gasteiger partial charge on any atom is -0.382 e. The number of aromatic nitrogens is 6. The zero-order valence-electron chi connectivity index (χ0n) is 13.0. The molecule has 0 saturated carbocycles. The summed E-state index contributed by atoms with van der Waals surface area (Å²) in [6.07, 6.45) is 1.07. The second-order valence-electron chi connectivity index (χ2n) is 5.09. The molecule has 1 amide bonds. The van der Waals surface area contributed by atoms with Gasteiger partial charge in [-0.15, -0.1) is 0 Å². The predicted molar refractivity (Wildman–Crippen MR) is 86.4 cm³/mol. The maximum atomic E-state index is 12.5. The maximum absolute atomic E-state index is 12.5. The van der Waals surface area contributed by atoms with E-state index in [1.807, 2.05) is 4.98 Å². The monoisotopic (exact) mass is 348 g/mol. The predicted octanol–water partition coefficient (Wildman–Crippen LogP) is -2.87. The van der Waals surface area contributed by atoms with Gasteiger partial charge in [0, 0.05) is 14.0 Å². The molecule has 0 bridgehead atoms. The molecule has 13 heteroatoms. The topological polar surface area (TPSA) is 183 Å². The number of imidazole rings is 1. The van der Waals surface area contributed by atoms with Crippen molar-refractivity contribution in [2.75, 3.05) is 11.1 Å². The van der Waals surface area contributed by atoms with Crippen molar-refractivity contribution in [3.05, 3.63) is 48.0 Å². The Labute approximate surface area is 136 Å². The number of nitrogens with zero attached hydrogens (tertiary/aromatic N) is 4. The van der Waals surface area contributed by atoms with Crippen molar-refractivity contribution in [1.29, 1.82) is 0 Å². The maximum Gasteiger partial charge on any atom is 0.352 e. The third kappa shape index (κ3) is 2.34. The molecule has 0 radical (unpaired) electrons. The molecule has 3 rings (SSSR count). The highest BCUT2D eigenvalue weighted by Gasteiger charge is 2.19. The standard InChI is InChI=1S/C12H12N8O5/c1-4(21)15-5-7(13)20(12(25)18(2)10(5)23)19-3-14-6-8(19)16-11(24)17-9(6)22/h3H,13H2,1-2H3,(H,15,21)(H2,16,17,22,24). The molecule has 25 heavy (non-hydrogen) atoms. The number of anilines is 2. The van der Waals surface area contributed by atoms with E-state index in [-0.39, 0.29) is 16.9 Å². The molecule has 3 aromatic heterocycles. The van der Waals surface area contributed by atoms with E-state index >= 15 is 0 Å². The van der Waals surface area contributed by atoms with E-state index in [1.165, 1.54) is 7.05 Å². The van der Waals surface area contributed by atoms with E-state index in [0.29, 0.717) is 4.57 Å². The summed E-state index contributed by atoms with van der Waals surface area (Å²) in [7, 11) is 1.18. The van der Waals surface area contributed by atoms with Crippen LogP contribution in [0.5, 0.6) is 0 Å². The molecule has 0 fully saturated rings. The Bertz CT molecular complexity index is 1250. The van der Waals surface area contributed by atoms with Crippen LogP contribution >= 0.6 is 0 Å². The van der Waals surface area contributed by atoms with Gasteiger partial charge < -0.3 is 11.1 Å². The lowest BCUT2D eigenvalue weighted by Crippen LogP contribution is -2.43. The first kappa shape index (κ1) is 16.0. The fourth-order valence-electron chi connectivity index (χ4n) is 2.29. The second kappa shape index (κ2) is 5.33. The van der Waals surface area contributed by atoms with Gasteiger partial charge in [0.25, 0.3) is 11.1 Å². The van der Waals surface area contributed by atoms with Gasteiger partial charge in [0.2, 0.25) is 5.91 Å². The van der Waals surface area contributed by atoms with Crippen molar-refractivity contribution in [3.63, 3.8) is 0 Å². The summed E-state index contributed by atoms with van der Waals surface area (Å²) in [4.78, 5) is 67.3. The summed E-state index contributed by atoms with van der Waals surface area (Å²) < 4.78 is 2.49. The van der Waals surface area contributed by atoms with Crippen LogP contribution in [0.25, 0.3) is 11.2 Å². The number of amides is 1. The molecule has 3 heterocycles. The van der Waals surface area contributed by atoms with E-state index in [9.17, 15) is 24.0 Å². The molecule has 0 saturated heterocycles. The van der Waals surface area contributed by atoms with E-state index in [4.69, 9.17) is 5.73 Å². The number of rotatable bonds is 2. The fourth-order valence-corrected chi connectivity index (χ4v) is 2.29. The normalized spacial score (nSPS) is 11.0. The van der Waals surface area contributed by atoms with Gasteiger partial charge in [-0.1, -0.05) is 0 Å². The summed E-state index contributed by atoms with van der Waals surface area (Å²) >= 11 is 0.